The molecule has 0 amide bonds. The highest BCUT2D eigenvalue weighted by Gasteiger charge is 2.20. The average molecular weight is 432 g/mol. The van der Waals surface area contributed by atoms with Gasteiger partial charge in [0.25, 0.3) is 5.88 Å². The van der Waals surface area contributed by atoms with Crippen molar-refractivity contribution in [2.45, 2.75) is 12.5 Å². The smallest absolute Gasteiger partial charge is 0.256 e. The summed E-state index contributed by atoms with van der Waals surface area (Å²) < 4.78 is 12.3. The first-order valence-electron chi connectivity index (χ1n) is 10.3. The Morgan fingerprint density at radius 3 is 2.78 bits per heavy atom. The van der Waals surface area contributed by atoms with Gasteiger partial charge in [-0.3, -0.25) is 0 Å². The van der Waals surface area contributed by atoms with E-state index in [2.05, 4.69) is 20.3 Å². The molecule has 5 heterocycles. The summed E-state index contributed by atoms with van der Waals surface area (Å²) in [5, 5.41) is 7.82. The topological polar surface area (TPSA) is 116 Å². The molecule has 3 N–H and O–H groups in total. The van der Waals surface area contributed by atoms with Gasteiger partial charge in [0.15, 0.2) is 17.2 Å². The third kappa shape index (κ3) is 3.87. The second-order valence-electron chi connectivity index (χ2n) is 7.58. The number of hydrogen-bond acceptors (Lipinski definition) is 9. The molecule has 1 aliphatic heterocycles. The number of aromatic nitrogens is 5. The maximum Gasteiger partial charge on any atom is 0.256 e. The summed E-state index contributed by atoms with van der Waals surface area (Å²) in [6, 6.07) is 11.7. The van der Waals surface area contributed by atoms with E-state index in [0.717, 1.165) is 42.4 Å². The Labute approximate surface area is 185 Å². The summed E-state index contributed by atoms with van der Waals surface area (Å²) in [6.07, 6.45) is 4.54. The highest BCUT2D eigenvalue weighted by Crippen LogP contribution is 2.29. The maximum absolute atomic E-state index is 6.03. The fraction of sp³-hybridized carbons (Fsp3) is 0.273. The lowest BCUT2D eigenvalue weighted by molar-refractivity contribution is 0.343. The van der Waals surface area contributed by atoms with Crippen molar-refractivity contribution in [3.05, 3.63) is 48.8 Å². The molecule has 0 aromatic carbocycles. The quantitative estimate of drug-likeness (QED) is 0.474. The lowest BCUT2D eigenvalue weighted by Crippen LogP contribution is -2.26. The van der Waals surface area contributed by atoms with Gasteiger partial charge < -0.3 is 25.4 Å². The number of fused-ring (bicyclic) bond motifs is 1. The number of nitrogens with two attached hydrogens (primary N) is 1. The van der Waals surface area contributed by atoms with Crippen LogP contribution in [0.4, 0.5) is 17.5 Å². The molecule has 10 heteroatoms. The van der Waals surface area contributed by atoms with Crippen LogP contribution in [-0.4, -0.2) is 57.9 Å². The Kier molecular flexibility index (Phi) is 5.20. The number of hydrogen-bond donors (Lipinski definition) is 2. The fourth-order valence-corrected chi connectivity index (χ4v) is 3.77. The van der Waals surface area contributed by atoms with Crippen LogP contribution in [0.15, 0.2) is 48.8 Å². The highest BCUT2D eigenvalue weighted by atomic mass is 16.5. The van der Waals surface area contributed by atoms with Gasteiger partial charge in [-0.25, -0.2) is 19.5 Å². The molecule has 1 aliphatic rings. The molecule has 0 aliphatic carbocycles. The number of rotatable bonds is 6. The van der Waals surface area contributed by atoms with Crippen LogP contribution < -0.4 is 25.4 Å². The van der Waals surface area contributed by atoms with E-state index < -0.39 is 0 Å². The molecule has 1 fully saturated rings. The Morgan fingerprint density at radius 2 is 2.00 bits per heavy atom. The average Bonchev–Trinajstić information content (AvgIpc) is 3.43. The molecule has 0 radical (unpaired) electrons. The standard InChI is InChI=1S/C22H24N8O2/c1-31-17-10-14(12-24-22(17)32-2)16-7-9-30-21(25-16)11-19(28-30)26-18-4-3-5-20(27-18)29-8-6-15(23)13-29/h3-5,7,9-12,15H,6,8,13,23H2,1-2H3,(H,26,27,28)/t15-/m1/s1. The number of nitrogens with one attached hydrogen (secondary N) is 1. The van der Waals surface area contributed by atoms with Crippen molar-refractivity contribution < 1.29 is 9.47 Å². The number of pyridine rings is 2. The van der Waals surface area contributed by atoms with Gasteiger partial charge in [-0.1, -0.05) is 6.07 Å². The van der Waals surface area contributed by atoms with Crippen LogP contribution in [0.3, 0.4) is 0 Å². The van der Waals surface area contributed by atoms with Gasteiger partial charge in [0.2, 0.25) is 0 Å². The van der Waals surface area contributed by atoms with Crippen LogP contribution >= 0.6 is 0 Å². The first-order valence-corrected chi connectivity index (χ1v) is 10.3. The van der Waals surface area contributed by atoms with Gasteiger partial charge in [-0.2, -0.15) is 0 Å². The first kappa shape index (κ1) is 20.0. The lowest BCUT2D eigenvalue weighted by Gasteiger charge is -2.17. The SMILES string of the molecule is COc1cc(-c2ccn3nc(Nc4cccc(N5CC[C@@H](N)C5)n4)cc3n2)cnc1OC. The van der Waals surface area contributed by atoms with Crippen molar-refractivity contribution in [2.24, 2.45) is 5.73 Å². The summed E-state index contributed by atoms with van der Waals surface area (Å²) in [5.74, 6) is 3.26. The van der Waals surface area contributed by atoms with Gasteiger partial charge in [-0.05, 0) is 30.7 Å². The van der Waals surface area contributed by atoms with Gasteiger partial charge in [0, 0.05) is 43.2 Å². The predicted molar refractivity (Wildman–Crippen MR) is 122 cm³/mol. The van der Waals surface area contributed by atoms with Gasteiger partial charge in [0.05, 0.1) is 19.9 Å². The summed E-state index contributed by atoms with van der Waals surface area (Å²) >= 11 is 0. The zero-order valence-corrected chi connectivity index (χ0v) is 17.9. The van der Waals surface area contributed by atoms with Crippen molar-refractivity contribution in [3.63, 3.8) is 0 Å². The minimum atomic E-state index is 0.202. The molecule has 0 saturated carbocycles. The molecule has 4 aromatic rings. The normalized spacial score (nSPS) is 15.8. The molecular weight excluding hydrogens is 408 g/mol. The molecule has 1 atom stereocenters. The van der Waals surface area contributed by atoms with Crippen molar-refractivity contribution in [2.75, 3.05) is 37.5 Å². The van der Waals surface area contributed by atoms with E-state index in [4.69, 9.17) is 25.2 Å². The molecule has 0 spiro atoms. The number of nitrogens with zero attached hydrogens (tertiary/aromatic N) is 6. The Bertz CT molecular complexity index is 1260. The Hall–Kier alpha value is -3.92. The minimum Gasteiger partial charge on any atom is -0.491 e. The number of ether oxygens (including phenoxy) is 2. The van der Waals surface area contributed by atoms with Crippen molar-refractivity contribution in [1.29, 1.82) is 0 Å². The lowest BCUT2D eigenvalue weighted by atomic mass is 10.2. The van der Waals surface area contributed by atoms with E-state index in [-0.39, 0.29) is 6.04 Å². The van der Waals surface area contributed by atoms with E-state index in [1.165, 1.54) is 0 Å². The third-order valence-electron chi connectivity index (χ3n) is 5.39. The van der Waals surface area contributed by atoms with E-state index in [0.29, 0.717) is 23.1 Å². The van der Waals surface area contributed by atoms with Gasteiger partial charge in [-0.15, -0.1) is 5.10 Å². The molecule has 4 aromatic heterocycles. The monoisotopic (exact) mass is 432 g/mol. The van der Waals surface area contributed by atoms with Gasteiger partial charge in [0.1, 0.15) is 11.6 Å². The van der Waals surface area contributed by atoms with E-state index in [1.54, 1.807) is 24.9 Å². The number of methoxy groups -OCH3 is 2. The highest BCUT2D eigenvalue weighted by molar-refractivity contribution is 5.66. The van der Waals surface area contributed by atoms with E-state index >= 15 is 0 Å². The summed E-state index contributed by atoms with van der Waals surface area (Å²) in [5.41, 5.74) is 8.30. The molecule has 0 unspecified atom stereocenters. The number of anilines is 3. The second-order valence-corrected chi connectivity index (χ2v) is 7.58. The molecular formula is C22H24N8O2. The summed E-state index contributed by atoms with van der Waals surface area (Å²) in [6.45, 7) is 1.74. The predicted octanol–water partition coefficient (Wildman–Crippen LogP) is 2.48. The second kappa shape index (κ2) is 8.31. The van der Waals surface area contributed by atoms with Crippen molar-refractivity contribution in [1.82, 2.24) is 24.6 Å². The molecule has 32 heavy (non-hydrogen) atoms. The van der Waals surface area contributed by atoms with Crippen LogP contribution in [-0.2, 0) is 0 Å². The molecule has 10 nitrogen and oxygen atoms in total. The van der Waals surface area contributed by atoms with E-state index in [1.807, 2.05) is 42.6 Å². The van der Waals surface area contributed by atoms with Crippen molar-refractivity contribution in [3.8, 4) is 22.9 Å². The zero-order valence-electron chi connectivity index (χ0n) is 17.9. The van der Waals surface area contributed by atoms with Crippen LogP contribution in [0, 0.1) is 0 Å². The summed E-state index contributed by atoms with van der Waals surface area (Å²) in [4.78, 5) is 15.9. The fourth-order valence-electron chi connectivity index (χ4n) is 3.77. The van der Waals surface area contributed by atoms with Crippen LogP contribution in [0.25, 0.3) is 16.9 Å². The Balaban J connectivity index is 1.39. The molecule has 1 saturated heterocycles. The van der Waals surface area contributed by atoms with Crippen LogP contribution in [0.2, 0.25) is 0 Å². The summed E-state index contributed by atoms with van der Waals surface area (Å²) in [7, 11) is 3.14. The largest absolute Gasteiger partial charge is 0.491 e. The first-order chi connectivity index (χ1) is 15.6. The Morgan fingerprint density at radius 1 is 1.09 bits per heavy atom. The zero-order chi connectivity index (χ0) is 22.1. The minimum absolute atomic E-state index is 0.202. The molecule has 164 valence electrons. The van der Waals surface area contributed by atoms with Crippen LogP contribution in [0.1, 0.15) is 6.42 Å². The molecule has 0 bridgehead atoms. The van der Waals surface area contributed by atoms with Gasteiger partial charge >= 0.3 is 0 Å². The van der Waals surface area contributed by atoms with Crippen LogP contribution in [0.5, 0.6) is 11.6 Å². The third-order valence-corrected chi connectivity index (χ3v) is 5.39. The molecule has 5 rings (SSSR count). The van der Waals surface area contributed by atoms with E-state index in [9.17, 15) is 0 Å². The maximum atomic E-state index is 6.03. The van der Waals surface area contributed by atoms with Crippen molar-refractivity contribution >= 4 is 23.1 Å².